The molecule has 2 nitrogen and oxygen atoms in total. The fraction of sp³-hybridized carbons (Fsp3) is 0.0833. The third-order valence-corrected chi connectivity index (χ3v) is 18.0. The SMILES string of the molecule is CCc1ccc2c3ccc(CC)cc3c3nc4c(-c5cccc6c5-c5ccccc5C6(c5ccccc5)c5ccccc5)sc(-c5cccc6c5-c5ccccc5C6(c5ccccc5)c5ccccc5)c4nc3c2c1. The van der Waals surface area contributed by atoms with Gasteiger partial charge in [-0.25, -0.2) is 9.97 Å². The maximum absolute atomic E-state index is 6.05. The zero-order valence-corrected chi connectivity index (χ0v) is 42.6. The zero-order chi connectivity index (χ0) is 49.8. The van der Waals surface area contributed by atoms with Gasteiger partial charge in [-0.3, -0.25) is 0 Å². The zero-order valence-electron chi connectivity index (χ0n) is 41.8. The van der Waals surface area contributed by atoms with Crippen molar-refractivity contribution < 1.29 is 0 Å². The molecule has 75 heavy (non-hydrogen) atoms. The first-order chi connectivity index (χ1) is 37.1. The third kappa shape index (κ3) is 6.08. The molecule has 2 aliphatic rings. The molecule has 0 radical (unpaired) electrons. The van der Waals surface area contributed by atoms with Crippen molar-refractivity contribution in [1.82, 2.24) is 9.97 Å². The summed E-state index contributed by atoms with van der Waals surface area (Å²) in [6, 6.07) is 90.7. The molecule has 2 heterocycles. The molecule has 0 fully saturated rings. The van der Waals surface area contributed by atoms with Crippen molar-refractivity contribution in [2.75, 3.05) is 0 Å². The molecular weight excluding hydrogens is 925 g/mol. The molecule has 0 spiro atoms. The predicted octanol–water partition coefficient (Wildman–Crippen LogP) is 18.3. The van der Waals surface area contributed by atoms with Crippen LogP contribution in [-0.2, 0) is 23.7 Å². The van der Waals surface area contributed by atoms with Crippen molar-refractivity contribution in [3.05, 3.63) is 298 Å². The molecule has 0 N–H and O–H groups in total. The van der Waals surface area contributed by atoms with E-state index in [2.05, 4.69) is 257 Å². The van der Waals surface area contributed by atoms with E-state index >= 15 is 0 Å². The van der Waals surface area contributed by atoms with Gasteiger partial charge >= 0.3 is 0 Å². The lowest BCUT2D eigenvalue weighted by Crippen LogP contribution is -2.28. The summed E-state index contributed by atoms with van der Waals surface area (Å²) < 4.78 is 0. The van der Waals surface area contributed by atoms with Crippen LogP contribution in [0.4, 0.5) is 0 Å². The highest BCUT2D eigenvalue weighted by Crippen LogP contribution is 2.62. The first-order valence-corrected chi connectivity index (χ1v) is 27.3. The van der Waals surface area contributed by atoms with Gasteiger partial charge in [0.25, 0.3) is 0 Å². The Morgan fingerprint density at radius 2 is 0.640 bits per heavy atom. The molecule has 11 aromatic carbocycles. The number of fused-ring (bicyclic) bond motifs is 13. The topological polar surface area (TPSA) is 25.8 Å². The molecule has 13 aromatic rings. The van der Waals surface area contributed by atoms with Crippen LogP contribution in [-0.4, -0.2) is 9.97 Å². The van der Waals surface area contributed by atoms with Crippen LogP contribution in [0.5, 0.6) is 0 Å². The molecule has 0 saturated heterocycles. The number of benzene rings is 11. The first kappa shape index (κ1) is 43.8. The Morgan fingerprint density at radius 3 is 1.01 bits per heavy atom. The second kappa shape index (κ2) is 16.9. The van der Waals surface area contributed by atoms with Gasteiger partial charge < -0.3 is 0 Å². The lowest BCUT2D eigenvalue weighted by Gasteiger charge is -2.34. The van der Waals surface area contributed by atoms with Crippen LogP contribution >= 0.6 is 11.3 Å². The Balaban J connectivity index is 1.10. The van der Waals surface area contributed by atoms with Crippen molar-refractivity contribution in [1.29, 1.82) is 0 Å². The summed E-state index contributed by atoms with van der Waals surface area (Å²) in [7, 11) is 0. The van der Waals surface area contributed by atoms with E-state index in [0.717, 1.165) is 55.4 Å². The van der Waals surface area contributed by atoms with Crippen molar-refractivity contribution in [2.24, 2.45) is 0 Å². The van der Waals surface area contributed by atoms with Gasteiger partial charge in [-0.1, -0.05) is 244 Å². The number of thiophene rings is 1. The standard InChI is InChI=1S/C72H50N2S/c1-3-45-39-41-51-52-42-40-46(4-2)44-58(52)66-65(57(51)43-45)73-67-68(74-66)70(56-34-22-38-62-64(56)54-32-18-20-36-60(54)72(62,49-27-13-7-14-28-49)50-29-15-8-16-30-50)75-69(67)55-33-21-37-61-63(55)53-31-17-19-35-59(53)71(61,47-23-9-5-10-24-47)48-25-11-6-12-26-48/h5-44H,3-4H2,1-2H3. The van der Waals surface area contributed by atoms with Crippen LogP contribution in [0.25, 0.3) is 86.7 Å². The minimum absolute atomic E-state index is 0.552. The Bertz CT molecular complexity index is 4060. The first-order valence-electron chi connectivity index (χ1n) is 26.4. The van der Waals surface area contributed by atoms with E-state index < -0.39 is 10.8 Å². The van der Waals surface area contributed by atoms with Crippen LogP contribution in [0.1, 0.15) is 69.5 Å². The van der Waals surface area contributed by atoms with Gasteiger partial charge in [-0.2, -0.15) is 0 Å². The van der Waals surface area contributed by atoms with Gasteiger partial charge in [0.05, 0.1) is 31.6 Å². The van der Waals surface area contributed by atoms with Gasteiger partial charge in [0, 0.05) is 21.9 Å². The molecule has 0 atom stereocenters. The minimum Gasteiger partial charge on any atom is -0.242 e. The van der Waals surface area contributed by atoms with E-state index in [1.54, 1.807) is 0 Å². The van der Waals surface area contributed by atoms with Crippen LogP contribution < -0.4 is 0 Å². The van der Waals surface area contributed by atoms with Gasteiger partial charge in [-0.15, -0.1) is 11.3 Å². The monoisotopic (exact) mass is 974 g/mol. The summed E-state index contributed by atoms with van der Waals surface area (Å²) in [4.78, 5) is 14.4. The van der Waals surface area contributed by atoms with E-state index in [-0.39, 0.29) is 0 Å². The van der Waals surface area contributed by atoms with Crippen molar-refractivity contribution >= 4 is 54.9 Å². The Labute approximate surface area is 441 Å². The van der Waals surface area contributed by atoms with Gasteiger partial charge in [0.1, 0.15) is 11.0 Å². The lowest BCUT2D eigenvalue weighted by atomic mass is 9.67. The molecule has 0 saturated carbocycles. The van der Waals surface area contributed by atoms with E-state index in [1.807, 2.05) is 11.3 Å². The van der Waals surface area contributed by atoms with Gasteiger partial charge in [0.15, 0.2) is 0 Å². The second-order valence-corrected chi connectivity index (χ2v) is 21.4. The third-order valence-electron chi connectivity index (χ3n) is 16.8. The minimum atomic E-state index is -0.552. The maximum atomic E-state index is 6.05. The summed E-state index contributed by atoms with van der Waals surface area (Å²) in [5.74, 6) is 0. The maximum Gasteiger partial charge on any atom is 0.109 e. The summed E-state index contributed by atoms with van der Waals surface area (Å²) in [6.07, 6.45) is 1.86. The molecule has 0 bridgehead atoms. The molecular formula is C72H50N2S. The molecule has 15 rings (SSSR count). The Morgan fingerprint density at radius 1 is 0.307 bits per heavy atom. The van der Waals surface area contributed by atoms with Crippen LogP contribution in [0.15, 0.2) is 243 Å². The molecule has 2 aliphatic carbocycles. The Hall–Kier alpha value is -8.76. The molecule has 0 aliphatic heterocycles. The average Bonchev–Trinajstić information content (AvgIpc) is 4.27. The molecule has 3 heteroatoms. The van der Waals surface area contributed by atoms with E-state index in [4.69, 9.17) is 9.97 Å². The number of nitrogens with zero attached hydrogens (tertiary/aromatic N) is 2. The van der Waals surface area contributed by atoms with Crippen molar-refractivity contribution in [2.45, 2.75) is 37.5 Å². The highest BCUT2D eigenvalue weighted by molar-refractivity contribution is 7.21. The smallest absolute Gasteiger partial charge is 0.109 e. The number of hydrogen-bond donors (Lipinski definition) is 0. The van der Waals surface area contributed by atoms with Gasteiger partial charge in [-0.05, 0) is 114 Å². The summed E-state index contributed by atoms with van der Waals surface area (Å²) in [6.45, 7) is 4.48. The quantitative estimate of drug-likeness (QED) is 0.142. The number of hydrogen-bond acceptors (Lipinski definition) is 3. The normalized spacial score (nSPS) is 13.8. The van der Waals surface area contributed by atoms with E-state index in [9.17, 15) is 0 Å². The highest BCUT2D eigenvalue weighted by atomic mass is 32.1. The number of aryl methyl sites for hydroxylation is 2. The summed E-state index contributed by atoms with van der Waals surface area (Å²) in [5.41, 5.74) is 22.7. The van der Waals surface area contributed by atoms with Crippen LogP contribution in [0, 0.1) is 0 Å². The van der Waals surface area contributed by atoms with Crippen LogP contribution in [0.2, 0.25) is 0 Å². The average molecular weight is 975 g/mol. The largest absolute Gasteiger partial charge is 0.242 e. The van der Waals surface area contributed by atoms with Crippen LogP contribution in [0.3, 0.4) is 0 Å². The highest BCUT2D eigenvalue weighted by Gasteiger charge is 2.49. The van der Waals surface area contributed by atoms with Crippen molar-refractivity contribution in [3.63, 3.8) is 0 Å². The fourth-order valence-corrected chi connectivity index (χ4v) is 14.8. The fourth-order valence-electron chi connectivity index (χ4n) is 13.5. The van der Waals surface area contributed by atoms with E-state index in [0.29, 0.717) is 0 Å². The predicted molar refractivity (Wildman–Crippen MR) is 314 cm³/mol. The molecule has 2 aromatic heterocycles. The lowest BCUT2D eigenvalue weighted by molar-refractivity contribution is 0.768. The van der Waals surface area contributed by atoms with Gasteiger partial charge in [0.2, 0.25) is 0 Å². The van der Waals surface area contributed by atoms with E-state index in [1.165, 1.54) is 99.8 Å². The molecule has 354 valence electrons. The molecule has 0 unspecified atom stereocenters. The summed E-state index contributed by atoms with van der Waals surface area (Å²) in [5, 5.41) is 4.72. The number of aromatic nitrogens is 2. The number of rotatable bonds is 8. The summed E-state index contributed by atoms with van der Waals surface area (Å²) >= 11 is 1.86. The van der Waals surface area contributed by atoms with Crippen molar-refractivity contribution in [3.8, 4) is 43.1 Å². The molecule has 0 amide bonds. The second-order valence-electron chi connectivity index (χ2n) is 20.4. The Kier molecular flexibility index (Phi) is 9.86.